The molecule has 5 aromatic carbocycles. The van der Waals surface area contributed by atoms with E-state index in [1.165, 1.54) is 27.5 Å². The van der Waals surface area contributed by atoms with E-state index in [1.807, 2.05) is 42.5 Å². The molecule has 45 heavy (non-hydrogen) atoms. The minimum Gasteiger partial charge on any atom is -0.0918 e. The fourth-order valence-electron chi connectivity index (χ4n) is 5.80. The van der Waals surface area contributed by atoms with Gasteiger partial charge in [-0.1, -0.05) is 165 Å². The van der Waals surface area contributed by atoms with Crippen molar-refractivity contribution < 1.29 is 0 Å². The van der Waals surface area contributed by atoms with Gasteiger partial charge in [0, 0.05) is 0 Å². The molecule has 0 aromatic heterocycles. The first-order valence-electron chi connectivity index (χ1n) is 15.3. The topological polar surface area (TPSA) is 0 Å². The van der Waals surface area contributed by atoms with Crippen molar-refractivity contribution >= 4 is 59.0 Å². The molecule has 0 aliphatic heterocycles. The van der Waals surface area contributed by atoms with Gasteiger partial charge in [0.1, 0.15) is 0 Å². The predicted octanol–water partition coefficient (Wildman–Crippen LogP) is 9.37. The Hall–Kier alpha value is -5.46. The number of aryl methyl sites for hydroxylation is 1. The van der Waals surface area contributed by atoms with E-state index in [9.17, 15) is 0 Å². The maximum atomic E-state index is 4.55. The van der Waals surface area contributed by atoms with Crippen LogP contribution in [0.4, 0.5) is 0 Å². The van der Waals surface area contributed by atoms with E-state index >= 15 is 0 Å². The minimum atomic E-state index is 0.903. The Balaban J connectivity index is 1.87. The normalized spacial score (nSPS) is 11.6. The van der Waals surface area contributed by atoms with Crippen molar-refractivity contribution in [1.82, 2.24) is 0 Å². The summed E-state index contributed by atoms with van der Waals surface area (Å²) in [4.78, 5) is 0. The van der Waals surface area contributed by atoms with Crippen molar-refractivity contribution in [3.05, 3.63) is 177 Å². The van der Waals surface area contributed by atoms with Crippen LogP contribution in [0.3, 0.4) is 0 Å². The zero-order valence-corrected chi connectivity index (χ0v) is 26.6. The van der Waals surface area contributed by atoms with Crippen LogP contribution in [-0.2, 0) is 0 Å². The number of hydrogen-bond acceptors (Lipinski definition) is 0. The van der Waals surface area contributed by atoms with Crippen LogP contribution >= 0.6 is 0 Å². The molecule has 0 fully saturated rings. The summed E-state index contributed by atoms with van der Waals surface area (Å²) in [7, 11) is 0. The molecule has 0 aliphatic rings. The van der Waals surface area contributed by atoms with Gasteiger partial charge < -0.3 is 0 Å². The molecule has 0 heterocycles. The van der Waals surface area contributed by atoms with E-state index in [0.29, 0.717) is 0 Å². The van der Waals surface area contributed by atoms with Crippen LogP contribution in [0, 0.1) is 6.92 Å². The van der Waals surface area contributed by atoms with Gasteiger partial charge >= 0.3 is 0 Å². The molecular formula is C45H40. The Morgan fingerprint density at radius 1 is 0.511 bits per heavy atom. The summed E-state index contributed by atoms with van der Waals surface area (Å²) in [6.07, 6.45) is 4.44. The maximum absolute atomic E-state index is 4.55. The molecule has 0 bridgehead atoms. The van der Waals surface area contributed by atoms with Crippen molar-refractivity contribution in [3.8, 4) is 11.1 Å². The third-order valence-electron chi connectivity index (χ3n) is 8.09. The van der Waals surface area contributed by atoms with Crippen LogP contribution in [0.2, 0.25) is 0 Å². The van der Waals surface area contributed by atoms with Crippen LogP contribution < -0.4 is 20.9 Å². The average molecular weight is 581 g/mol. The van der Waals surface area contributed by atoms with Crippen LogP contribution in [-0.4, -0.2) is 0 Å². The second-order valence-corrected chi connectivity index (χ2v) is 11.6. The molecule has 0 nitrogen and oxygen atoms in total. The zero-order valence-electron chi connectivity index (χ0n) is 26.6. The Morgan fingerprint density at radius 3 is 1.96 bits per heavy atom. The Kier molecular flexibility index (Phi) is 9.56. The number of hydrogen-bond donors (Lipinski definition) is 0. The van der Waals surface area contributed by atoms with Gasteiger partial charge in [0.25, 0.3) is 0 Å². The molecule has 0 saturated carbocycles. The maximum Gasteiger partial charge on any atom is -0.00383 e. The summed E-state index contributed by atoms with van der Waals surface area (Å²) >= 11 is 0. The van der Waals surface area contributed by atoms with Gasteiger partial charge in [0.2, 0.25) is 0 Å². The summed E-state index contributed by atoms with van der Waals surface area (Å²) in [6.45, 7) is 24.1. The van der Waals surface area contributed by atoms with Crippen molar-refractivity contribution in [3.63, 3.8) is 0 Å². The lowest BCUT2D eigenvalue weighted by atomic mass is 9.92. The summed E-state index contributed by atoms with van der Waals surface area (Å²) in [5, 5.41) is 8.39. The monoisotopic (exact) mass is 580 g/mol. The van der Waals surface area contributed by atoms with E-state index in [0.717, 1.165) is 53.9 Å². The zero-order chi connectivity index (χ0) is 31.9. The largest absolute Gasteiger partial charge is 0.0918 e. The Bertz CT molecular complexity index is 2310. The molecule has 0 heteroatoms. The quantitative estimate of drug-likeness (QED) is 0.186. The SMILES string of the molecule is C=c1ccccc(=C)cc(-c2c(=C)ccccc(=C)c(/C(C)=C/C=C(\C)c3cccc4ccccc34)c3cc(C)ccc23)cc1. The highest BCUT2D eigenvalue weighted by atomic mass is 14.1. The molecule has 0 amide bonds. The second-order valence-electron chi connectivity index (χ2n) is 11.6. The molecule has 5 rings (SSSR count). The molecule has 0 atom stereocenters. The summed E-state index contributed by atoms with van der Waals surface area (Å²) in [5.74, 6) is 0. The minimum absolute atomic E-state index is 0.903. The van der Waals surface area contributed by atoms with E-state index < -0.39 is 0 Å². The Morgan fingerprint density at radius 2 is 1.16 bits per heavy atom. The highest BCUT2D eigenvalue weighted by Gasteiger charge is 2.09. The van der Waals surface area contributed by atoms with E-state index in [4.69, 9.17) is 0 Å². The van der Waals surface area contributed by atoms with Crippen LogP contribution in [0.15, 0.2) is 140 Å². The van der Waals surface area contributed by atoms with Crippen molar-refractivity contribution in [1.29, 1.82) is 0 Å². The third kappa shape index (κ3) is 7.20. The fraction of sp³-hybridized carbons (Fsp3) is 0.0667. The predicted molar refractivity (Wildman–Crippen MR) is 201 cm³/mol. The number of benzene rings is 3. The smallest absolute Gasteiger partial charge is 0.00383 e. The van der Waals surface area contributed by atoms with Gasteiger partial charge in [0.05, 0.1) is 0 Å². The van der Waals surface area contributed by atoms with Gasteiger partial charge in [-0.2, -0.15) is 0 Å². The van der Waals surface area contributed by atoms with Crippen molar-refractivity contribution in [2.24, 2.45) is 0 Å². The molecule has 0 radical (unpaired) electrons. The average Bonchev–Trinajstić information content (AvgIpc) is 3.03. The van der Waals surface area contributed by atoms with Crippen molar-refractivity contribution in [2.45, 2.75) is 20.8 Å². The number of allylic oxidation sites excluding steroid dienone is 4. The lowest BCUT2D eigenvalue weighted by Gasteiger charge is -2.11. The molecule has 0 N–H and O–H groups in total. The van der Waals surface area contributed by atoms with Crippen LogP contribution in [0.1, 0.15) is 30.5 Å². The molecule has 0 spiro atoms. The van der Waals surface area contributed by atoms with Gasteiger partial charge in [-0.3, -0.25) is 0 Å². The van der Waals surface area contributed by atoms with Gasteiger partial charge in [-0.25, -0.2) is 0 Å². The molecule has 5 aromatic rings. The summed E-state index contributed by atoms with van der Waals surface area (Å²) in [5.41, 5.74) is 7.91. The van der Waals surface area contributed by atoms with Crippen LogP contribution in [0.5, 0.6) is 0 Å². The number of rotatable bonds is 4. The second kappa shape index (κ2) is 13.9. The van der Waals surface area contributed by atoms with Crippen LogP contribution in [0.25, 0.3) is 70.1 Å². The molecule has 0 unspecified atom stereocenters. The molecule has 0 aliphatic carbocycles. The third-order valence-corrected chi connectivity index (χ3v) is 8.09. The highest BCUT2D eigenvalue weighted by molar-refractivity contribution is 6.02. The highest BCUT2D eigenvalue weighted by Crippen LogP contribution is 2.29. The van der Waals surface area contributed by atoms with E-state index in [2.05, 4.69) is 144 Å². The van der Waals surface area contributed by atoms with Crippen molar-refractivity contribution in [2.75, 3.05) is 0 Å². The summed E-state index contributed by atoms with van der Waals surface area (Å²) in [6, 6.07) is 44.2. The van der Waals surface area contributed by atoms with E-state index in [-0.39, 0.29) is 0 Å². The molecule has 220 valence electrons. The Labute approximate surface area is 267 Å². The first-order valence-corrected chi connectivity index (χ1v) is 15.3. The lowest BCUT2D eigenvalue weighted by molar-refractivity contribution is 1.48. The lowest BCUT2D eigenvalue weighted by Crippen LogP contribution is -2.07. The van der Waals surface area contributed by atoms with Gasteiger partial charge in [0.15, 0.2) is 0 Å². The van der Waals surface area contributed by atoms with Gasteiger partial charge in [-0.05, 0) is 103 Å². The molecule has 0 saturated heterocycles. The first-order chi connectivity index (χ1) is 21.7. The standard InChI is InChI=1S/C45H40/c1-31-15-8-9-16-32(2)29-39(27-23-31)45-36(6)18-11-10-17-35(5)44(43-30-33(3)24-28-42(43)45)37(7)26-25-34(4)40-22-14-20-38-19-12-13-21-41(38)40/h8-30H,1-2,5-6H2,3-4,7H3/b15-8?,16-9?,17-10?,18-11?,27-23?,34-25+,37-26+,39-29?,44-43?,45-42?. The number of fused-ring (bicyclic) bond motifs is 2. The summed E-state index contributed by atoms with van der Waals surface area (Å²) < 4.78 is 0. The van der Waals surface area contributed by atoms with Gasteiger partial charge in [-0.15, -0.1) is 0 Å². The molecular weight excluding hydrogens is 540 g/mol. The van der Waals surface area contributed by atoms with E-state index in [1.54, 1.807) is 0 Å². The fourth-order valence-corrected chi connectivity index (χ4v) is 5.80. The first kappa shape index (κ1) is 31.0.